The summed E-state index contributed by atoms with van der Waals surface area (Å²) < 4.78 is 53.4. The zero-order chi connectivity index (χ0) is 20.1. The first-order valence-electron chi connectivity index (χ1n) is 9.03. The molecular formula is C19H18F4N4O. The highest BCUT2D eigenvalue weighted by atomic mass is 19.4. The molecule has 2 heterocycles. The molecule has 28 heavy (non-hydrogen) atoms. The molecule has 2 aromatic heterocycles. The van der Waals surface area contributed by atoms with Crippen LogP contribution in [0.4, 0.5) is 17.6 Å². The van der Waals surface area contributed by atoms with Gasteiger partial charge in [-0.2, -0.15) is 13.2 Å². The van der Waals surface area contributed by atoms with E-state index in [2.05, 4.69) is 15.0 Å². The maximum Gasteiger partial charge on any atom is 0.391 e. The fourth-order valence-corrected chi connectivity index (χ4v) is 3.83. The molecule has 1 aliphatic rings. The third-order valence-electron chi connectivity index (χ3n) is 5.43. The summed E-state index contributed by atoms with van der Waals surface area (Å²) in [6, 6.07) is 5.72. The molecule has 5 nitrogen and oxygen atoms in total. The lowest BCUT2D eigenvalue weighted by molar-refractivity contribution is -0.182. The molecule has 9 heteroatoms. The number of imidazole rings is 1. The van der Waals surface area contributed by atoms with E-state index in [0.29, 0.717) is 35.7 Å². The van der Waals surface area contributed by atoms with Crippen LogP contribution in [0.5, 0.6) is 0 Å². The molecule has 1 aromatic carbocycles. The first-order chi connectivity index (χ1) is 13.2. The van der Waals surface area contributed by atoms with Gasteiger partial charge in [0.15, 0.2) is 11.2 Å². The van der Waals surface area contributed by atoms with E-state index < -0.39 is 17.7 Å². The number of halogens is 4. The Morgan fingerprint density at radius 3 is 2.32 bits per heavy atom. The monoisotopic (exact) mass is 394 g/mol. The van der Waals surface area contributed by atoms with Gasteiger partial charge in [0.1, 0.15) is 17.5 Å². The molecule has 1 fully saturated rings. The maximum atomic E-state index is 13.2. The molecule has 0 amide bonds. The van der Waals surface area contributed by atoms with Crippen molar-refractivity contribution in [3.05, 3.63) is 46.3 Å². The lowest BCUT2D eigenvalue weighted by Gasteiger charge is -2.29. The van der Waals surface area contributed by atoms with Crippen LogP contribution in [-0.2, 0) is 7.05 Å². The lowest BCUT2D eigenvalue weighted by atomic mass is 9.81. The van der Waals surface area contributed by atoms with Crippen LogP contribution < -0.4 is 5.56 Å². The zero-order valence-corrected chi connectivity index (χ0v) is 15.1. The van der Waals surface area contributed by atoms with E-state index in [9.17, 15) is 22.4 Å². The summed E-state index contributed by atoms with van der Waals surface area (Å²) in [5.74, 6) is -1.03. The van der Waals surface area contributed by atoms with Crippen molar-refractivity contribution in [3.63, 3.8) is 0 Å². The number of rotatable bonds is 2. The number of nitrogens with one attached hydrogen (secondary N) is 1. The third-order valence-corrected chi connectivity index (χ3v) is 5.43. The standard InChI is InChI=1S/C19H18F4N4O/c1-27-16(11-4-8-13(20)9-5-11)24-14-17(27)25-15(26-18(14)28)10-2-6-12(7-3-10)19(21,22)23/h4-5,8-10,12H,2-3,6-7H2,1H3,(H,25,26,28)/t10-,12+. The van der Waals surface area contributed by atoms with E-state index in [-0.39, 0.29) is 30.1 Å². The summed E-state index contributed by atoms with van der Waals surface area (Å²) in [6.45, 7) is 0. The molecule has 3 aromatic rings. The first kappa shape index (κ1) is 18.6. The molecule has 0 spiro atoms. The van der Waals surface area contributed by atoms with Gasteiger partial charge in [-0.1, -0.05) is 0 Å². The van der Waals surface area contributed by atoms with Crippen molar-refractivity contribution in [3.8, 4) is 11.4 Å². The molecule has 0 atom stereocenters. The Labute approximate surface area is 157 Å². The molecule has 0 radical (unpaired) electrons. The Morgan fingerprint density at radius 1 is 1.07 bits per heavy atom. The van der Waals surface area contributed by atoms with E-state index in [1.54, 1.807) is 23.7 Å². The lowest BCUT2D eigenvalue weighted by Crippen LogP contribution is -2.28. The highest BCUT2D eigenvalue weighted by Crippen LogP contribution is 2.42. The number of hydrogen-bond donors (Lipinski definition) is 1. The van der Waals surface area contributed by atoms with Gasteiger partial charge in [0, 0.05) is 18.5 Å². The van der Waals surface area contributed by atoms with E-state index >= 15 is 0 Å². The van der Waals surface area contributed by atoms with Crippen molar-refractivity contribution in [2.45, 2.75) is 37.8 Å². The molecule has 1 saturated carbocycles. The Bertz CT molecular complexity index is 1060. The van der Waals surface area contributed by atoms with Gasteiger partial charge in [-0.05, 0) is 49.9 Å². The van der Waals surface area contributed by atoms with Crippen molar-refractivity contribution in [2.75, 3.05) is 0 Å². The Morgan fingerprint density at radius 2 is 1.71 bits per heavy atom. The summed E-state index contributed by atoms with van der Waals surface area (Å²) in [5, 5.41) is 0. The molecule has 4 rings (SSSR count). The second-order valence-corrected chi connectivity index (χ2v) is 7.21. The van der Waals surface area contributed by atoms with Crippen LogP contribution in [0.2, 0.25) is 0 Å². The van der Waals surface area contributed by atoms with Gasteiger partial charge in [0.05, 0.1) is 5.92 Å². The van der Waals surface area contributed by atoms with Gasteiger partial charge >= 0.3 is 6.18 Å². The van der Waals surface area contributed by atoms with Crippen LogP contribution in [-0.4, -0.2) is 25.7 Å². The molecule has 0 unspecified atom stereocenters. The molecule has 0 saturated heterocycles. The maximum absolute atomic E-state index is 13.2. The number of aromatic nitrogens is 4. The zero-order valence-electron chi connectivity index (χ0n) is 15.1. The van der Waals surface area contributed by atoms with Crippen molar-refractivity contribution in [1.29, 1.82) is 0 Å². The highest BCUT2D eigenvalue weighted by Gasteiger charge is 2.42. The van der Waals surface area contributed by atoms with Gasteiger partial charge in [-0.25, -0.2) is 14.4 Å². The van der Waals surface area contributed by atoms with Crippen LogP contribution in [0.25, 0.3) is 22.6 Å². The number of nitrogens with zero attached hydrogens (tertiary/aromatic N) is 3. The van der Waals surface area contributed by atoms with Gasteiger partial charge in [-0.15, -0.1) is 0 Å². The van der Waals surface area contributed by atoms with Crippen LogP contribution >= 0.6 is 0 Å². The molecule has 0 bridgehead atoms. The minimum Gasteiger partial charge on any atom is -0.312 e. The van der Waals surface area contributed by atoms with E-state index in [4.69, 9.17) is 0 Å². The molecular weight excluding hydrogens is 376 g/mol. The topological polar surface area (TPSA) is 63.6 Å². The summed E-state index contributed by atoms with van der Waals surface area (Å²) in [7, 11) is 1.70. The minimum absolute atomic E-state index is 0.0299. The normalized spacial score (nSPS) is 20.6. The van der Waals surface area contributed by atoms with Gasteiger partial charge in [-0.3, -0.25) is 4.79 Å². The third kappa shape index (κ3) is 3.29. The van der Waals surface area contributed by atoms with Crippen LogP contribution in [0, 0.1) is 11.7 Å². The minimum atomic E-state index is -4.18. The number of H-pyrrole nitrogens is 1. The average Bonchev–Trinajstić information content (AvgIpc) is 2.99. The first-order valence-corrected chi connectivity index (χ1v) is 9.03. The number of aromatic amines is 1. The number of aryl methyl sites for hydroxylation is 1. The van der Waals surface area contributed by atoms with Crippen molar-refractivity contribution >= 4 is 11.2 Å². The molecule has 0 aliphatic heterocycles. The van der Waals surface area contributed by atoms with Gasteiger partial charge in [0.2, 0.25) is 0 Å². The number of hydrogen-bond acceptors (Lipinski definition) is 3. The average molecular weight is 394 g/mol. The second kappa shape index (κ2) is 6.72. The predicted octanol–water partition coefficient (Wildman–Crippen LogP) is 4.30. The predicted molar refractivity (Wildman–Crippen MR) is 95.3 cm³/mol. The Kier molecular flexibility index (Phi) is 4.47. The highest BCUT2D eigenvalue weighted by molar-refractivity contribution is 5.76. The summed E-state index contributed by atoms with van der Waals surface area (Å²) in [4.78, 5) is 24.0. The van der Waals surface area contributed by atoms with Crippen molar-refractivity contribution < 1.29 is 17.6 Å². The number of benzene rings is 1. The molecule has 148 valence electrons. The Hall–Kier alpha value is -2.71. The van der Waals surface area contributed by atoms with Crippen molar-refractivity contribution in [1.82, 2.24) is 19.5 Å². The number of alkyl halides is 3. The molecule has 1 aliphatic carbocycles. The van der Waals surface area contributed by atoms with Gasteiger partial charge in [0.25, 0.3) is 5.56 Å². The molecule has 1 N–H and O–H groups in total. The van der Waals surface area contributed by atoms with Crippen LogP contribution in [0.1, 0.15) is 37.4 Å². The summed E-state index contributed by atoms with van der Waals surface area (Å²) in [6.07, 6.45) is -3.48. The van der Waals surface area contributed by atoms with E-state index in [1.165, 1.54) is 12.1 Å². The SMILES string of the molecule is Cn1c(-c2ccc(F)cc2)nc2c(=O)[nH]c([C@H]3CC[C@@H](C(F)(F)F)CC3)nc21. The smallest absolute Gasteiger partial charge is 0.312 e. The summed E-state index contributed by atoms with van der Waals surface area (Å²) >= 11 is 0. The van der Waals surface area contributed by atoms with Gasteiger partial charge < -0.3 is 9.55 Å². The summed E-state index contributed by atoms with van der Waals surface area (Å²) in [5.41, 5.74) is 0.709. The fraction of sp³-hybridized carbons (Fsp3) is 0.421. The van der Waals surface area contributed by atoms with Crippen LogP contribution in [0.3, 0.4) is 0 Å². The van der Waals surface area contributed by atoms with E-state index in [1.807, 2.05) is 0 Å². The second-order valence-electron chi connectivity index (χ2n) is 7.21. The largest absolute Gasteiger partial charge is 0.391 e. The van der Waals surface area contributed by atoms with E-state index in [0.717, 1.165) is 0 Å². The fourth-order valence-electron chi connectivity index (χ4n) is 3.83. The number of fused-ring (bicyclic) bond motifs is 1. The van der Waals surface area contributed by atoms with Crippen LogP contribution in [0.15, 0.2) is 29.1 Å². The van der Waals surface area contributed by atoms with Crippen molar-refractivity contribution in [2.24, 2.45) is 13.0 Å². The quantitative estimate of drug-likeness (QED) is 0.660. The Balaban J connectivity index is 1.68.